The lowest BCUT2D eigenvalue weighted by atomic mass is 10.1. The van der Waals surface area contributed by atoms with Gasteiger partial charge in [-0.05, 0) is 25.7 Å². The number of amides is 5. The van der Waals surface area contributed by atoms with E-state index in [0.29, 0.717) is 52.0 Å². The van der Waals surface area contributed by atoms with Crippen molar-refractivity contribution in [3.63, 3.8) is 0 Å². The van der Waals surface area contributed by atoms with Gasteiger partial charge in [-0.25, -0.2) is 0 Å². The lowest BCUT2D eigenvalue weighted by Gasteiger charge is -2.15. The number of rotatable bonds is 37. The van der Waals surface area contributed by atoms with Crippen molar-refractivity contribution >= 4 is 59.4 Å². The summed E-state index contributed by atoms with van der Waals surface area (Å²) in [7, 11) is 5.78. The number of carbonyl (C=O) groups is 10. The molecule has 20 heteroatoms. The number of likely N-dealkylation sites (tertiary alicyclic amines) is 5. The number of carbonyl (C=O) groups excluding carboxylic acids is 8. The normalized spacial score (nSPS) is 19.8. The summed E-state index contributed by atoms with van der Waals surface area (Å²) >= 11 is 0. The van der Waals surface area contributed by atoms with Crippen LogP contribution in [0, 0.1) is 29.6 Å². The molecule has 5 amide bonds. The van der Waals surface area contributed by atoms with Crippen LogP contribution >= 0.6 is 0 Å². The number of hydrogen-bond donors (Lipinski definition) is 2. The molecule has 0 radical (unpaired) electrons. The molecule has 5 rings (SSSR count). The van der Waals surface area contributed by atoms with Gasteiger partial charge in [0.15, 0.2) is 0 Å². The molecule has 5 saturated heterocycles. The first kappa shape index (κ1) is 77.7. The molecular formula is C65H115N5O15. The van der Waals surface area contributed by atoms with Gasteiger partial charge in [0.05, 0.1) is 50.9 Å². The number of methoxy groups -OCH3 is 3. The van der Waals surface area contributed by atoms with Crippen molar-refractivity contribution in [3.05, 3.63) is 0 Å². The zero-order valence-corrected chi connectivity index (χ0v) is 54.0. The van der Waals surface area contributed by atoms with Crippen molar-refractivity contribution in [1.82, 2.24) is 24.5 Å². The molecule has 0 aliphatic carbocycles. The van der Waals surface area contributed by atoms with Crippen LogP contribution in [0.1, 0.15) is 240 Å². The number of carboxylic acids is 2. The lowest BCUT2D eigenvalue weighted by Crippen LogP contribution is -2.27. The zero-order valence-electron chi connectivity index (χ0n) is 54.0. The molecule has 0 spiro atoms. The number of esters is 3. The fraction of sp³-hybridized carbons (Fsp3) is 0.846. The molecule has 5 unspecified atom stereocenters. The molecule has 0 bridgehead atoms. The van der Waals surface area contributed by atoms with E-state index in [1.807, 2.05) is 4.90 Å². The highest BCUT2D eigenvalue weighted by Crippen LogP contribution is 2.24. The zero-order chi connectivity index (χ0) is 63.4. The Kier molecular flexibility index (Phi) is 43.7. The standard InChI is InChI=1S/C18H33NO3.C17H31NO3.C12H21NO3.C11H19NO3.C7H11NO3/c1-3-4-5-6-7-8-9-10-11-12-13-19-15-16(14-17(19)20)18(21)22-2;1-2-3-4-5-6-7-8-9-10-11-12-18-14-15(17(20)21)13-16(18)19;1-3-4-5-6-7-13-9-10(8-11(13)14)12(15)16-2;1-2-3-4-5-6-12-8-9(11(14)15)7-10(12)13;1-8-4-5(3-6(8)9)7(10)11-2/h16H,3-15H2,1-2H3;15H,2-14H2,1H3,(H,20,21);10H,3-9H2,1-2H3;9H,2-8H2,1H3,(H,14,15);5H,3-4H2,1-2H3. The average Bonchev–Trinajstić information content (AvgIpc) is 4.47. The van der Waals surface area contributed by atoms with Crippen LogP contribution in [0.25, 0.3) is 0 Å². The fourth-order valence-corrected chi connectivity index (χ4v) is 11.2. The number of nitrogens with zero attached hydrogens (tertiary/aromatic N) is 5. The third-order valence-corrected chi connectivity index (χ3v) is 16.6. The van der Waals surface area contributed by atoms with E-state index < -0.39 is 23.8 Å². The molecule has 85 heavy (non-hydrogen) atoms. The van der Waals surface area contributed by atoms with Gasteiger partial charge in [0.2, 0.25) is 29.5 Å². The Bertz CT molecular complexity index is 1950. The van der Waals surface area contributed by atoms with Gasteiger partial charge in [-0.3, -0.25) is 47.9 Å². The molecule has 2 N–H and O–H groups in total. The molecule has 20 nitrogen and oxygen atoms in total. The second kappa shape index (κ2) is 47.8. The van der Waals surface area contributed by atoms with Crippen molar-refractivity contribution in [2.75, 3.05) is 87.3 Å². The molecule has 5 fully saturated rings. The highest BCUT2D eigenvalue weighted by molar-refractivity contribution is 5.89. The Morgan fingerprint density at radius 1 is 0.329 bits per heavy atom. The lowest BCUT2D eigenvalue weighted by molar-refractivity contribution is -0.145. The van der Waals surface area contributed by atoms with Crippen molar-refractivity contribution in [1.29, 1.82) is 0 Å². The minimum atomic E-state index is -0.848. The molecule has 490 valence electrons. The van der Waals surface area contributed by atoms with E-state index in [1.165, 1.54) is 156 Å². The quantitative estimate of drug-likeness (QED) is 0.0333. The van der Waals surface area contributed by atoms with E-state index in [-0.39, 0.29) is 78.0 Å². The smallest absolute Gasteiger partial charge is 0.310 e. The highest BCUT2D eigenvalue weighted by Gasteiger charge is 2.37. The summed E-state index contributed by atoms with van der Waals surface area (Å²) in [6, 6.07) is 0. The molecule has 0 saturated carbocycles. The van der Waals surface area contributed by atoms with Gasteiger partial charge < -0.3 is 48.9 Å². The molecule has 5 heterocycles. The maximum Gasteiger partial charge on any atom is 0.310 e. The van der Waals surface area contributed by atoms with Crippen molar-refractivity contribution in [3.8, 4) is 0 Å². The number of carboxylic acid groups (broad SMARTS) is 2. The molecule has 5 aliphatic heterocycles. The third-order valence-electron chi connectivity index (χ3n) is 16.6. The van der Waals surface area contributed by atoms with Crippen LogP contribution < -0.4 is 0 Å². The van der Waals surface area contributed by atoms with Crippen LogP contribution in [0.15, 0.2) is 0 Å². The second-order valence-corrected chi connectivity index (χ2v) is 23.9. The predicted octanol–water partition coefficient (Wildman–Crippen LogP) is 10.5. The number of unbranched alkanes of at least 4 members (excludes halogenated alkanes) is 24. The fourth-order valence-electron chi connectivity index (χ4n) is 11.2. The van der Waals surface area contributed by atoms with Crippen molar-refractivity contribution in [2.45, 2.75) is 240 Å². The van der Waals surface area contributed by atoms with E-state index in [1.54, 1.807) is 26.6 Å². The maximum absolute atomic E-state index is 11.8. The average molecular weight is 1210 g/mol. The number of aliphatic carboxylic acids is 2. The first-order valence-corrected chi connectivity index (χ1v) is 32.9. The van der Waals surface area contributed by atoms with Crippen LogP contribution in [0.2, 0.25) is 0 Å². The third kappa shape index (κ3) is 34.0. The summed E-state index contributed by atoms with van der Waals surface area (Å²) in [5.41, 5.74) is 0. The minimum absolute atomic E-state index is 0.00102. The van der Waals surface area contributed by atoms with Crippen LogP contribution in [0.3, 0.4) is 0 Å². The number of hydrogen-bond acceptors (Lipinski definition) is 13. The first-order chi connectivity index (χ1) is 40.8. The summed E-state index contributed by atoms with van der Waals surface area (Å²) in [5.74, 6) is -3.98. The van der Waals surface area contributed by atoms with Crippen molar-refractivity contribution < 1.29 is 72.4 Å². The van der Waals surface area contributed by atoms with E-state index in [2.05, 4.69) is 37.2 Å². The molecule has 0 aromatic rings. The number of ether oxygens (including phenoxy) is 3. The van der Waals surface area contributed by atoms with E-state index in [0.717, 1.165) is 71.1 Å². The predicted molar refractivity (Wildman–Crippen MR) is 328 cm³/mol. The largest absolute Gasteiger partial charge is 0.481 e. The van der Waals surface area contributed by atoms with Crippen molar-refractivity contribution in [2.24, 2.45) is 29.6 Å². The van der Waals surface area contributed by atoms with Gasteiger partial charge in [0.25, 0.3) is 0 Å². The van der Waals surface area contributed by atoms with E-state index >= 15 is 0 Å². The minimum Gasteiger partial charge on any atom is -0.481 e. The molecule has 0 aromatic heterocycles. The first-order valence-electron chi connectivity index (χ1n) is 32.9. The summed E-state index contributed by atoms with van der Waals surface area (Å²) in [6.45, 7) is 14.2. The van der Waals surface area contributed by atoms with Gasteiger partial charge in [-0.15, -0.1) is 0 Å². The van der Waals surface area contributed by atoms with E-state index in [4.69, 9.17) is 14.9 Å². The second-order valence-electron chi connectivity index (χ2n) is 23.9. The summed E-state index contributed by atoms with van der Waals surface area (Å²) in [5, 5.41) is 17.7. The van der Waals surface area contributed by atoms with Gasteiger partial charge in [0.1, 0.15) is 0 Å². The van der Waals surface area contributed by atoms with Gasteiger partial charge in [-0.1, -0.05) is 182 Å². The summed E-state index contributed by atoms with van der Waals surface area (Å²) in [6.07, 6.45) is 36.1. The summed E-state index contributed by atoms with van der Waals surface area (Å²) in [4.78, 5) is 121. The molecule has 0 aromatic carbocycles. The molecular weight excluding hydrogens is 1090 g/mol. The Morgan fingerprint density at radius 3 is 0.741 bits per heavy atom. The topological polar surface area (TPSA) is 255 Å². The Morgan fingerprint density at radius 2 is 0.529 bits per heavy atom. The Balaban J connectivity index is 0.000000541. The van der Waals surface area contributed by atoms with Crippen LogP contribution in [0.5, 0.6) is 0 Å². The van der Waals surface area contributed by atoms with Crippen LogP contribution in [-0.4, -0.2) is 181 Å². The van der Waals surface area contributed by atoms with Crippen LogP contribution in [-0.2, 0) is 62.2 Å². The van der Waals surface area contributed by atoms with Crippen LogP contribution in [0.4, 0.5) is 0 Å². The monoisotopic (exact) mass is 1210 g/mol. The van der Waals surface area contributed by atoms with Gasteiger partial charge >= 0.3 is 29.8 Å². The molecule has 5 aliphatic rings. The van der Waals surface area contributed by atoms with Gasteiger partial charge in [-0.2, -0.15) is 0 Å². The SMILES string of the molecule is CCCCCCCCCCCCN1CC(C(=O)O)CC1=O.CCCCCCCCCCCCN1CC(C(=O)OC)CC1=O.CCCCCCN1CC(C(=O)O)CC1=O.CCCCCCN1CC(C(=O)OC)CC1=O.COC(=O)C1CC(=O)N(C)C1. The Labute approximate surface area is 510 Å². The summed E-state index contributed by atoms with van der Waals surface area (Å²) < 4.78 is 13.9. The van der Waals surface area contributed by atoms with E-state index in [9.17, 15) is 47.9 Å². The van der Waals surface area contributed by atoms with Gasteiger partial charge in [0, 0.05) is 98.1 Å². The maximum atomic E-state index is 11.8. The highest BCUT2D eigenvalue weighted by atomic mass is 16.5. The molecule has 5 atom stereocenters. The Hall–Kier alpha value is -5.30.